The summed E-state index contributed by atoms with van der Waals surface area (Å²) in [5.41, 5.74) is 2.24. The highest BCUT2D eigenvalue weighted by molar-refractivity contribution is 6.10. The molecule has 156 valence electrons. The van der Waals surface area contributed by atoms with Crippen LogP contribution < -0.4 is 15.5 Å². The molecule has 0 saturated carbocycles. The summed E-state index contributed by atoms with van der Waals surface area (Å²) < 4.78 is 4.70. The molecule has 0 bridgehead atoms. The van der Waals surface area contributed by atoms with Crippen LogP contribution in [0.25, 0.3) is 10.8 Å². The number of anilines is 3. The van der Waals surface area contributed by atoms with Gasteiger partial charge in [0.15, 0.2) is 0 Å². The number of nitrogens with zero attached hydrogens (tertiary/aromatic N) is 1. The molecule has 1 aliphatic rings. The van der Waals surface area contributed by atoms with Gasteiger partial charge in [-0.15, -0.1) is 0 Å². The smallest absolute Gasteiger partial charge is 0.311 e. The predicted molar refractivity (Wildman–Crippen MR) is 120 cm³/mol. The first-order valence-electron chi connectivity index (χ1n) is 9.77. The van der Waals surface area contributed by atoms with Crippen LogP contribution in [0.3, 0.4) is 0 Å². The summed E-state index contributed by atoms with van der Waals surface area (Å²) in [6.45, 7) is -0.174. The molecule has 0 unspecified atom stereocenters. The van der Waals surface area contributed by atoms with Gasteiger partial charge in [0, 0.05) is 17.5 Å². The largest absolute Gasteiger partial charge is 0.469 e. The fourth-order valence-electron chi connectivity index (χ4n) is 3.47. The first kappa shape index (κ1) is 20.2. The van der Waals surface area contributed by atoms with E-state index in [4.69, 9.17) is 4.74 Å². The van der Waals surface area contributed by atoms with Crippen molar-refractivity contribution >= 4 is 45.6 Å². The van der Waals surface area contributed by atoms with Gasteiger partial charge in [-0.3, -0.25) is 19.3 Å². The Bertz CT molecular complexity index is 1200. The van der Waals surface area contributed by atoms with Crippen molar-refractivity contribution in [2.24, 2.45) is 0 Å². The van der Waals surface area contributed by atoms with E-state index in [0.29, 0.717) is 22.8 Å². The number of nitrogens with one attached hydrogen (secondary N) is 2. The van der Waals surface area contributed by atoms with Crippen LogP contribution in [-0.4, -0.2) is 31.4 Å². The molecule has 0 spiro atoms. The summed E-state index contributed by atoms with van der Waals surface area (Å²) in [6, 6.07) is 20.6. The number of amides is 2. The number of ether oxygens (including phenoxy) is 1. The first-order valence-corrected chi connectivity index (χ1v) is 9.77. The number of hydrogen-bond acceptors (Lipinski definition) is 5. The van der Waals surface area contributed by atoms with E-state index in [2.05, 4.69) is 10.6 Å². The maximum absolute atomic E-state index is 12.9. The molecule has 2 amide bonds. The fourth-order valence-corrected chi connectivity index (χ4v) is 3.47. The molecule has 4 rings (SSSR count). The molecule has 3 aromatic carbocycles. The van der Waals surface area contributed by atoms with E-state index < -0.39 is 11.9 Å². The number of para-hydroxylation sites is 2. The fraction of sp³-hybridized carbons (Fsp3) is 0.125. The Labute approximate surface area is 179 Å². The van der Waals surface area contributed by atoms with E-state index in [0.717, 1.165) is 10.8 Å². The van der Waals surface area contributed by atoms with Gasteiger partial charge in [0.25, 0.3) is 5.91 Å². The van der Waals surface area contributed by atoms with E-state index in [1.807, 2.05) is 48.5 Å². The maximum atomic E-state index is 12.9. The number of fused-ring (bicyclic) bond motifs is 2. The minimum atomic E-state index is -0.466. The summed E-state index contributed by atoms with van der Waals surface area (Å²) in [4.78, 5) is 38.7. The third kappa shape index (κ3) is 4.56. The quantitative estimate of drug-likeness (QED) is 0.621. The Hall–Kier alpha value is -4.13. The Balaban J connectivity index is 1.56. The molecule has 0 atom stereocenters. The molecular weight excluding hydrogens is 394 g/mol. The molecule has 0 saturated heterocycles. The number of methoxy groups -OCH3 is 1. The van der Waals surface area contributed by atoms with Gasteiger partial charge in [-0.1, -0.05) is 42.5 Å². The molecule has 1 heterocycles. The van der Waals surface area contributed by atoms with E-state index in [9.17, 15) is 14.4 Å². The zero-order chi connectivity index (χ0) is 21.8. The SMILES string of the molecule is COC(=O)CC1=CC(=O)N(CC(=O)Nc2ccc3ccccc3c2)c2ccccc2N1. The van der Waals surface area contributed by atoms with Gasteiger partial charge in [-0.25, -0.2) is 0 Å². The van der Waals surface area contributed by atoms with Crippen molar-refractivity contribution in [3.05, 3.63) is 78.5 Å². The molecule has 31 heavy (non-hydrogen) atoms. The maximum Gasteiger partial charge on any atom is 0.311 e. The zero-order valence-corrected chi connectivity index (χ0v) is 16.9. The second kappa shape index (κ2) is 8.71. The molecular formula is C24H21N3O4. The lowest BCUT2D eigenvalue weighted by molar-refractivity contribution is -0.139. The third-order valence-electron chi connectivity index (χ3n) is 4.95. The van der Waals surface area contributed by atoms with Crippen LogP contribution in [-0.2, 0) is 19.1 Å². The average molecular weight is 415 g/mol. The third-order valence-corrected chi connectivity index (χ3v) is 4.95. The molecule has 0 aliphatic carbocycles. The van der Waals surface area contributed by atoms with Crippen molar-refractivity contribution in [2.45, 2.75) is 6.42 Å². The molecule has 0 aromatic heterocycles. The monoisotopic (exact) mass is 415 g/mol. The Morgan fingerprint density at radius 2 is 1.74 bits per heavy atom. The highest BCUT2D eigenvalue weighted by atomic mass is 16.5. The summed E-state index contributed by atoms with van der Waals surface area (Å²) >= 11 is 0. The highest BCUT2D eigenvalue weighted by Gasteiger charge is 2.25. The summed E-state index contributed by atoms with van der Waals surface area (Å²) in [7, 11) is 1.29. The van der Waals surface area contributed by atoms with Crippen molar-refractivity contribution in [3.63, 3.8) is 0 Å². The lowest BCUT2D eigenvalue weighted by Gasteiger charge is -2.21. The summed E-state index contributed by atoms with van der Waals surface area (Å²) in [5, 5.41) is 8.04. The van der Waals surface area contributed by atoms with Crippen LogP contribution in [0, 0.1) is 0 Å². The predicted octanol–water partition coefficient (Wildman–Crippen LogP) is 3.68. The van der Waals surface area contributed by atoms with Gasteiger partial charge in [0.05, 0.1) is 24.9 Å². The molecule has 0 radical (unpaired) electrons. The van der Waals surface area contributed by atoms with Gasteiger partial charge in [-0.05, 0) is 35.0 Å². The second-order valence-corrected chi connectivity index (χ2v) is 7.10. The van der Waals surface area contributed by atoms with Crippen LogP contribution in [0.4, 0.5) is 17.1 Å². The van der Waals surface area contributed by atoms with Crippen molar-refractivity contribution < 1.29 is 19.1 Å². The van der Waals surface area contributed by atoms with Gasteiger partial charge in [-0.2, -0.15) is 0 Å². The lowest BCUT2D eigenvalue weighted by atomic mass is 10.1. The Morgan fingerprint density at radius 1 is 1.00 bits per heavy atom. The van der Waals surface area contributed by atoms with Gasteiger partial charge in [0.2, 0.25) is 5.91 Å². The molecule has 0 fully saturated rings. The number of carbonyl (C=O) groups is 3. The number of hydrogen-bond donors (Lipinski definition) is 2. The summed E-state index contributed by atoms with van der Waals surface area (Å²) in [6.07, 6.45) is 1.24. The lowest BCUT2D eigenvalue weighted by Crippen LogP contribution is -2.37. The van der Waals surface area contributed by atoms with Crippen LogP contribution in [0.2, 0.25) is 0 Å². The molecule has 2 N–H and O–H groups in total. The Kier molecular flexibility index (Phi) is 5.66. The molecule has 1 aliphatic heterocycles. The van der Waals surface area contributed by atoms with Crippen molar-refractivity contribution in [1.82, 2.24) is 0 Å². The number of rotatable bonds is 5. The van der Waals surface area contributed by atoms with Gasteiger partial charge in [0.1, 0.15) is 6.54 Å². The zero-order valence-electron chi connectivity index (χ0n) is 16.9. The van der Waals surface area contributed by atoms with E-state index in [1.165, 1.54) is 18.1 Å². The van der Waals surface area contributed by atoms with Crippen LogP contribution in [0.1, 0.15) is 6.42 Å². The Morgan fingerprint density at radius 3 is 2.55 bits per heavy atom. The van der Waals surface area contributed by atoms with Crippen LogP contribution >= 0.6 is 0 Å². The molecule has 3 aromatic rings. The van der Waals surface area contributed by atoms with Gasteiger partial charge >= 0.3 is 5.97 Å². The highest BCUT2D eigenvalue weighted by Crippen LogP contribution is 2.30. The number of carbonyl (C=O) groups excluding carboxylic acids is 3. The van der Waals surface area contributed by atoms with E-state index >= 15 is 0 Å². The van der Waals surface area contributed by atoms with Crippen LogP contribution in [0.5, 0.6) is 0 Å². The number of esters is 1. The first-order chi connectivity index (χ1) is 15.0. The topological polar surface area (TPSA) is 87.7 Å². The minimum Gasteiger partial charge on any atom is -0.469 e. The normalized spacial score (nSPS) is 13.0. The van der Waals surface area contributed by atoms with E-state index in [-0.39, 0.29) is 18.9 Å². The minimum absolute atomic E-state index is 0.0757. The standard InChI is InChI=1S/C24H21N3O4/c1-31-24(30)14-19-13-23(29)27(21-9-5-4-8-20(21)25-19)15-22(28)26-18-11-10-16-6-2-3-7-17(16)12-18/h2-13,25H,14-15H2,1H3,(H,26,28). The summed E-state index contributed by atoms with van der Waals surface area (Å²) in [5.74, 6) is -1.19. The van der Waals surface area contributed by atoms with Crippen LogP contribution in [0.15, 0.2) is 78.5 Å². The van der Waals surface area contributed by atoms with Crippen molar-refractivity contribution in [3.8, 4) is 0 Å². The molecule has 7 heteroatoms. The second-order valence-electron chi connectivity index (χ2n) is 7.10. The number of benzene rings is 3. The van der Waals surface area contributed by atoms with Crippen molar-refractivity contribution in [2.75, 3.05) is 29.2 Å². The van der Waals surface area contributed by atoms with Crippen molar-refractivity contribution in [1.29, 1.82) is 0 Å². The van der Waals surface area contributed by atoms with Gasteiger partial charge < -0.3 is 15.4 Å². The molecule has 7 nitrogen and oxygen atoms in total. The van der Waals surface area contributed by atoms with E-state index in [1.54, 1.807) is 18.2 Å². The average Bonchev–Trinajstić information content (AvgIpc) is 2.89.